The highest BCUT2D eigenvalue weighted by Crippen LogP contribution is 2.39. The number of aromatic amines is 1. The lowest BCUT2D eigenvalue weighted by Crippen LogP contribution is -1.94. The molecule has 0 aliphatic carbocycles. The molecule has 17 heavy (non-hydrogen) atoms. The Morgan fingerprint density at radius 1 is 1.18 bits per heavy atom. The fourth-order valence-corrected chi connectivity index (χ4v) is 1.39. The molecular formula is C11H13N3O3. The van der Waals surface area contributed by atoms with Gasteiger partial charge < -0.3 is 19.9 Å². The fraction of sp³-hybridized carbons (Fsp3) is 0.182. The van der Waals surface area contributed by atoms with Crippen molar-refractivity contribution >= 4 is 5.82 Å². The number of ether oxygens (including phenoxy) is 3. The Bertz CT molecular complexity index is 488. The number of aromatic nitrogens is 2. The zero-order chi connectivity index (χ0) is 12.3. The second-order valence-corrected chi connectivity index (χ2v) is 3.26. The lowest BCUT2D eigenvalue weighted by atomic mass is 10.3. The molecule has 0 atom stereocenters. The van der Waals surface area contributed by atoms with Crippen LogP contribution in [-0.4, -0.2) is 24.4 Å². The van der Waals surface area contributed by atoms with Gasteiger partial charge in [0.25, 0.3) is 0 Å². The molecule has 0 fully saturated rings. The van der Waals surface area contributed by atoms with E-state index >= 15 is 0 Å². The van der Waals surface area contributed by atoms with Crippen LogP contribution in [0.4, 0.5) is 5.82 Å². The summed E-state index contributed by atoms with van der Waals surface area (Å²) >= 11 is 0. The molecule has 90 valence electrons. The van der Waals surface area contributed by atoms with Gasteiger partial charge in [-0.15, -0.1) is 5.10 Å². The van der Waals surface area contributed by atoms with Gasteiger partial charge in [-0.25, -0.2) is 0 Å². The largest absolute Gasteiger partial charge is 0.493 e. The summed E-state index contributed by atoms with van der Waals surface area (Å²) in [6, 6.07) is 6.93. The van der Waals surface area contributed by atoms with Gasteiger partial charge in [-0.2, -0.15) is 0 Å². The third kappa shape index (κ3) is 2.25. The van der Waals surface area contributed by atoms with E-state index in [-0.39, 0.29) is 0 Å². The van der Waals surface area contributed by atoms with Crippen molar-refractivity contribution in [2.75, 3.05) is 20.0 Å². The molecule has 2 aromatic rings. The molecule has 2 rings (SSSR count). The predicted octanol–water partition coefficient (Wildman–Crippen LogP) is 1.80. The van der Waals surface area contributed by atoms with Crippen molar-refractivity contribution in [2.24, 2.45) is 0 Å². The monoisotopic (exact) mass is 235 g/mol. The highest BCUT2D eigenvalue weighted by atomic mass is 16.5. The van der Waals surface area contributed by atoms with Crippen LogP contribution in [0.15, 0.2) is 24.3 Å². The van der Waals surface area contributed by atoms with Gasteiger partial charge in [-0.05, 0) is 12.1 Å². The molecule has 0 saturated heterocycles. The average Bonchev–Trinajstić information content (AvgIpc) is 2.75. The first kappa shape index (κ1) is 11.1. The van der Waals surface area contributed by atoms with Gasteiger partial charge in [-0.1, -0.05) is 6.07 Å². The van der Waals surface area contributed by atoms with Crippen LogP contribution in [-0.2, 0) is 0 Å². The maximum Gasteiger partial charge on any atom is 0.240 e. The molecule has 0 saturated carbocycles. The number of para-hydroxylation sites is 1. The van der Waals surface area contributed by atoms with Gasteiger partial charge in [0, 0.05) is 6.07 Å². The minimum atomic E-state index is 0.352. The molecule has 0 bridgehead atoms. The van der Waals surface area contributed by atoms with Crippen LogP contribution in [0.3, 0.4) is 0 Å². The van der Waals surface area contributed by atoms with Crippen molar-refractivity contribution in [1.29, 1.82) is 0 Å². The molecule has 1 aromatic carbocycles. The lowest BCUT2D eigenvalue weighted by Gasteiger charge is -2.11. The van der Waals surface area contributed by atoms with Crippen molar-refractivity contribution in [3.8, 4) is 23.1 Å². The van der Waals surface area contributed by atoms with Crippen molar-refractivity contribution in [3.05, 3.63) is 24.3 Å². The SMILES string of the molecule is COc1cccc(OC)c1Oc1cc(N)[nH]n1. The summed E-state index contributed by atoms with van der Waals surface area (Å²) in [5.41, 5.74) is 5.51. The summed E-state index contributed by atoms with van der Waals surface area (Å²) < 4.78 is 16.0. The van der Waals surface area contributed by atoms with Crippen LogP contribution in [0, 0.1) is 0 Å². The average molecular weight is 235 g/mol. The molecule has 3 N–H and O–H groups in total. The van der Waals surface area contributed by atoms with Crippen LogP contribution in [0.2, 0.25) is 0 Å². The number of benzene rings is 1. The van der Waals surface area contributed by atoms with E-state index in [0.29, 0.717) is 28.9 Å². The lowest BCUT2D eigenvalue weighted by molar-refractivity contribution is 0.342. The van der Waals surface area contributed by atoms with E-state index in [9.17, 15) is 0 Å². The molecular weight excluding hydrogens is 222 g/mol. The van der Waals surface area contributed by atoms with Crippen LogP contribution in [0.25, 0.3) is 0 Å². The molecule has 0 spiro atoms. The summed E-state index contributed by atoms with van der Waals surface area (Å²) in [5, 5.41) is 6.46. The summed E-state index contributed by atoms with van der Waals surface area (Å²) in [5.74, 6) is 2.36. The van der Waals surface area contributed by atoms with Crippen LogP contribution in [0.1, 0.15) is 0 Å². The van der Waals surface area contributed by atoms with Crippen molar-refractivity contribution in [3.63, 3.8) is 0 Å². The Morgan fingerprint density at radius 3 is 2.29 bits per heavy atom. The van der Waals surface area contributed by atoms with E-state index in [1.807, 2.05) is 6.07 Å². The number of hydrogen-bond acceptors (Lipinski definition) is 5. The molecule has 0 aliphatic rings. The highest BCUT2D eigenvalue weighted by Gasteiger charge is 2.13. The van der Waals surface area contributed by atoms with Crippen LogP contribution < -0.4 is 19.9 Å². The van der Waals surface area contributed by atoms with Gasteiger partial charge in [0.2, 0.25) is 11.6 Å². The first-order chi connectivity index (χ1) is 8.24. The van der Waals surface area contributed by atoms with Gasteiger partial charge >= 0.3 is 0 Å². The summed E-state index contributed by atoms with van der Waals surface area (Å²) in [7, 11) is 3.11. The van der Waals surface area contributed by atoms with Crippen LogP contribution in [0.5, 0.6) is 23.1 Å². The molecule has 1 heterocycles. The summed E-state index contributed by atoms with van der Waals surface area (Å²) in [6.45, 7) is 0. The first-order valence-corrected chi connectivity index (χ1v) is 4.94. The topological polar surface area (TPSA) is 82.4 Å². The van der Waals surface area contributed by atoms with Gasteiger partial charge in [0.15, 0.2) is 11.5 Å². The zero-order valence-electron chi connectivity index (χ0n) is 9.56. The number of nitrogens with two attached hydrogens (primary N) is 1. The minimum Gasteiger partial charge on any atom is -0.493 e. The Labute approximate surface area is 98.3 Å². The van der Waals surface area contributed by atoms with E-state index in [4.69, 9.17) is 19.9 Å². The Morgan fingerprint density at radius 2 is 1.82 bits per heavy atom. The van der Waals surface area contributed by atoms with Crippen LogP contribution >= 0.6 is 0 Å². The van der Waals surface area contributed by atoms with Crippen molar-refractivity contribution in [1.82, 2.24) is 10.2 Å². The quantitative estimate of drug-likeness (QED) is 0.844. The number of anilines is 1. The molecule has 0 radical (unpaired) electrons. The second kappa shape index (κ2) is 4.65. The Hall–Kier alpha value is -2.37. The van der Waals surface area contributed by atoms with Gasteiger partial charge in [0.05, 0.1) is 14.2 Å². The molecule has 0 unspecified atom stereocenters. The molecule has 6 nitrogen and oxygen atoms in total. The number of hydrogen-bond donors (Lipinski definition) is 2. The number of nitrogens with one attached hydrogen (secondary N) is 1. The Balaban J connectivity index is 2.36. The highest BCUT2D eigenvalue weighted by molar-refractivity contribution is 5.52. The number of H-pyrrole nitrogens is 1. The number of nitrogen functional groups attached to an aromatic ring is 1. The van der Waals surface area contributed by atoms with E-state index in [2.05, 4.69) is 10.2 Å². The number of methoxy groups -OCH3 is 2. The van der Waals surface area contributed by atoms with E-state index in [1.54, 1.807) is 32.4 Å². The first-order valence-electron chi connectivity index (χ1n) is 4.94. The smallest absolute Gasteiger partial charge is 0.240 e. The molecule has 6 heteroatoms. The molecule has 1 aromatic heterocycles. The number of rotatable bonds is 4. The number of nitrogens with zero attached hydrogens (tertiary/aromatic N) is 1. The maximum absolute atomic E-state index is 5.57. The fourth-order valence-electron chi connectivity index (χ4n) is 1.39. The third-order valence-electron chi connectivity index (χ3n) is 2.16. The Kier molecular flexibility index (Phi) is 3.04. The van der Waals surface area contributed by atoms with E-state index in [0.717, 1.165) is 0 Å². The maximum atomic E-state index is 5.57. The van der Waals surface area contributed by atoms with Gasteiger partial charge in [-0.3, -0.25) is 5.10 Å². The minimum absolute atomic E-state index is 0.352. The van der Waals surface area contributed by atoms with Crippen molar-refractivity contribution < 1.29 is 14.2 Å². The second-order valence-electron chi connectivity index (χ2n) is 3.26. The van der Waals surface area contributed by atoms with E-state index in [1.165, 1.54) is 0 Å². The third-order valence-corrected chi connectivity index (χ3v) is 2.16. The van der Waals surface area contributed by atoms with Crippen molar-refractivity contribution in [2.45, 2.75) is 0 Å². The standard InChI is InChI=1S/C11H13N3O3/c1-15-7-4-3-5-8(16-2)11(7)17-10-6-9(12)13-14-10/h3-6H,1-2H3,(H3,12,13,14). The van der Waals surface area contributed by atoms with Gasteiger partial charge in [0.1, 0.15) is 5.82 Å². The predicted molar refractivity (Wildman–Crippen MR) is 62.6 cm³/mol. The normalized spacial score (nSPS) is 10.0. The molecule has 0 aliphatic heterocycles. The zero-order valence-corrected chi connectivity index (χ0v) is 9.56. The summed E-state index contributed by atoms with van der Waals surface area (Å²) in [4.78, 5) is 0. The molecule has 0 amide bonds. The summed E-state index contributed by atoms with van der Waals surface area (Å²) in [6.07, 6.45) is 0. The van der Waals surface area contributed by atoms with E-state index < -0.39 is 0 Å².